The van der Waals surface area contributed by atoms with E-state index in [1.165, 1.54) is 23.1 Å². The van der Waals surface area contributed by atoms with Crippen molar-refractivity contribution in [3.8, 4) is 6.07 Å². The molecular formula is C17H19N5O2S2. The van der Waals surface area contributed by atoms with E-state index in [4.69, 9.17) is 5.26 Å². The van der Waals surface area contributed by atoms with Crippen molar-refractivity contribution >= 4 is 45.9 Å². The first-order valence-electron chi connectivity index (χ1n) is 7.85. The number of rotatable bonds is 6. The Kier molecular flexibility index (Phi) is 7.00. The molecule has 0 aliphatic carbocycles. The zero-order valence-electron chi connectivity index (χ0n) is 14.6. The summed E-state index contributed by atoms with van der Waals surface area (Å²) in [4.78, 5) is 28.5. The highest BCUT2D eigenvalue weighted by Crippen LogP contribution is 2.32. The minimum Gasteiger partial charge on any atom is -0.336 e. The van der Waals surface area contributed by atoms with Gasteiger partial charge < -0.3 is 10.6 Å². The average Bonchev–Trinajstić information content (AvgIpc) is 2.91. The number of nitrogens with one attached hydrogen (secondary N) is 3. The number of hydrogen-bond acceptors (Lipinski definition) is 6. The van der Waals surface area contributed by atoms with Crippen LogP contribution in [0.25, 0.3) is 0 Å². The van der Waals surface area contributed by atoms with Gasteiger partial charge in [-0.3, -0.25) is 10.1 Å². The van der Waals surface area contributed by atoms with Gasteiger partial charge >= 0.3 is 6.03 Å². The Labute approximate surface area is 160 Å². The van der Waals surface area contributed by atoms with E-state index in [0.29, 0.717) is 22.1 Å². The van der Waals surface area contributed by atoms with Crippen molar-refractivity contribution < 1.29 is 9.59 Å². The summed E-state index contributed by atoms with van der Waals surface area (Å²) in [5.74, 6) is 0.0197. The molecule has 2 aromatic rings. The van der Waals surface area contributed by atoms with Gasteiger partial charge in [0.1, 0.15) is 0 Å². The van der Waals surface area contributed by atoms with Crippen LogP contribution in [0.4, 0.5) is 15.6 Å². The van der Waals surface area contributed by atoms with E-state index >= 15 is 0 Å². The van der Waals surface area contributed by atoms with Crippen LogP contribution in [-0.4, -0.2) is 28.7 Å². The number of nitrogens with zero attached hydrogens (tertiary/aromatic N) is 2. The summed E-state index contributed by atoms with van der Waals surface area (Å²) in [5.41, 5.74) is 1.72. The van der Waals surface area contributed by atoms with Gasteiger partial charge in [0, 0.05) is 17.3 Å². The molecule has 0 saturated carbocycles. The lowest BCUT2D eigenvalue weighted by atomic mass is 10.2. The van der Waals surface area contributed by atoms with Gasteiger partial charge in [-0.25, -0.2) is 9.78 Å². The Bertz CT molecular complexity index is 842. The molecule has 0 saturated heterocycles. The topological polar surface area (TPSA) is 107 Å². The van der Waals surface area contributed by atoms with E-state index < -0.39 is 0 Å². The fourth-order valence-electron chi connectivity index (χ4n) is 2.00. The summed E-state index contributed by atoms with van der Waals surface area (Å²) in [6, 6.07) is 8.42. The molecule has 0 aliphatic heterocycles. The van der Waals surface area contributed by atoms with Gasteiger partial charge in [-0.1, -0.05) is 29.2 Å². The number of carbonyl (C=O) groups is 2. The van der Waals surface area contributed by atoms with E-state index in [0.717, 1.165) is 9.90 Å². The van der Waals surface area contributed by atoms with Gasteiger partial charge in [-0.05, 0) is 39.0 Å². The number of aromatic nitrogens is 1. The molecular weight excluding hydrogens is 370 g/mol. The quantitative estimate of drug-likeness (QED) is 0.651. The van der Waals surface area contributed by atoms with E-state index in [9.17, 15) is 9.59 Å². The van der Waals surface area contributed by atoms with Gasteiger partial charge in [0.15, 0.2) is 5.13 Å². The summed E-state index contributed by atoms with van der Waals surface area (Å²) < 4.78 is 0.905. The van der Waals surface area contributed by atoms with Crippen molar-refractivity contribution in [3.05, 3.63) is 35.5 Å². The van der Waals surface area contributed by atoms with Crippen LogP contribution in [0.2, 0.25) is 0 Å². The third-order valence-electron chi connectivity index (χ3n) is 3.04. The first-order chi connectivity index (χ1) is 12.4. The molecule has 0 spiro atoms. The highest BCUT2D eigenvalue weighted by molar-refractivity contribution is 8.01. The number of nitriles is 1. The van der Waals surface area contributed by atoms with Crippen LogP contribution in [-0.2, 0) is 0 Å². The SMILES string of the molecule is Cc1nc(NC(=O)c2cccc(NC(=O)NC(C)C)c2)sc1SCC#N. The van der Waals surface area contributed by atoms with Gasteiger partial charge in [-0.15, -0.1) is 0 Å². The maximum atomic E-state index is 12.4. The van der Waals surface area contributed by atoms with Crippen molar-refractivity contribution in [2.45, 2.75) is 31.0 Å². The second-order valence-electron chi connectivity index (χ2n) is 5.63. The number of benzene rings is 1. The molecule has 26 heavy (non-hydrogen) atoms. The van der Waals surface area contributed by atoms with Crippen LogP contribution in [0.15, 0.2) is 28.5 Å². The van der Waals surface area contributed by atoms with Crippen LogP contribution in [0.1, 0.15) is 29.9 Å². The molecule has 3 N–H and O–H groups in total. The molecule has 1 aromatic heterocycles. The summed E-state index contributed by atoms with van der Waals surface area (Å²) in [6.45, 7) is 5.56. The van der Waals surface area contributed by atoms with Crippen LogP contribution in [0, 0.1) is 18.3 Å². The Morgan fingerprint density at radius 2 is 2.12 bits per heavy atom. The molecule has 3 amide bonds. The van der Waals surface area contributed by atoms with Crippen molar-refractivity contribution in [3.63, 3.8) is 0 Å². The van der Waals surface area contributed by atoms with Crippen molar-refractivity contribution in [2.75, 3.05) is 16.4 Å². The molecule has 1 aromatic carbocycles. The first kappa shape index (κ1) is 19.8. The molecule has 0 atom stereocenters. The van der Waals surface area contributed by atoms with Crippen molar-refractivity contribution in [1.29, 1.82) is 5.26 Å². The molecule has 2 rings (SSSR count). The third kappa shape index (κ3) is 5.75. The predicted molar refractivity (Wildman–Crippen MR) is 105 cm³/mol. The maximum absolute atomic E-state index is 12.4. The minimum atomic E-state index is -0.327. The average molecular weight is 390 g/mol. The van der Waals surface area contributed by atoms with E-state index in [1.54, 1.807) is 24.3 Å². The minimum absolute atomic E-state index is 0.0164. The van der Waals surface area contributed by atoms with Crippen LogP contribution in [0.5, 0.6) is 0 Å². The van der Waals surface area contributed by atoms with Gasteiger partial charge in [-0.2, -0.15) is 5.26 Å². The smallest absolute Gasteiger partial charge is 0.319 e. The molecule has 136 valence electrons. The van der Waals surface area contributed by atoms with Gasteiger partial charge in [0.2, 0.25) is 0 Å². The molecule has 0 unspecified atom stereocenters. The number of hydrogen-bond donors (Lipinski definition) is 3. The predicted octanol–water partition coefficient (Wildman–Crippen LogP) is 3.85. The van der Waals surface area contributed by atoms with Gasteiger partial charge in [0.25, 0.3) is 5.91 Å². The summed E-state index contributed by atoms with van der Waals surface area (Å²) in [6.07, 6.45) is 0. The van der Waals surface area contributed by atoms with E-state index in [2.05, 4.69) is 27.0 Å². The monoisotopic (exact) mass is 389 g/mol. The highest BCUT2D eigenvalue weighted by Gasteiger charge is 2.13. The number of amides is 3. The first-order valence-corrected chi connectivity index (χ1v) is 9.65. The molecule has 0 aliphatic rings. The second kappa shape index (κ2) is 9.22. The van der Waals surface area contributed by atoms with E-state index in [1.807, 2.05) is 20.8 Å². The van der Waals surface area contributed by atoms with Crippen molar-refractivity contribution in [1.82, 2.24) is 10.3 Å². The Morgan fingerprint density at radius 3 is 2.81 bits per heavy atom. The Morgan fingerprint density at radius 1 is 1.35 bits per heavy atom. The number of thiazole rings is 1. The molecule has 0 radical (unpaired) electrons. The molecule has 1 heterocycles. The summed E-state index contributed by atoms with van der Waals surface area (Å²) >= 11 is 2.73. The lowest BCUT2D eigenvalue weighted by molar-refractivity contribution is 0.102. The van der Waals surface area contributed by atoms with Crippen LogP contribution >= 0.6 is 23.1 Å². The van der Waals surface area contributed by atoms with Crippen molar-refractivity contribution in [2.24, 2.45) is 0 Å². The molecule has 7 nitrogen and oxygen atoms in total. The standard InChI is InChI=1S/C17H19N5O2S2/c1-10(2)19-16(24)21-13-6-4-5-12(9-13)14(23)22-17-20-11(3)15(26-17)25-8-7-18/h4-6,9-10H,8H2,1-3H3,(H2,19,21,24)(H,20,22,23). The maximum Gasteiger partial charge on any atom is 0.319 e. The number of anilines is 2. The molecule has 0 bridgehead atoms. The molecule has 0 fully saturated rings. The summed E-state index contributed by atoms with van der Waals surface area (Å²) in [5, 5.41) is 17.3. The number of carbonyl (C=O) groups excluding carboxylic acids is 2. The second-order valence-corrected chi connectivity index (χ2v) is 7.87. The lowest BCUT2D eigenvalue weighted by Crippen LogP contribution is -2.34. The largest absolute Gasteiger partial charge is 0.336 e. The fourth-order valence-corrected chi connectivity index (χ4v) is 3.80. The van der Waals surface area contributed by atoms with Gasteiger partial charge in [0.05, 0.1) is 21.7 Å². The number of urea groups is 1. The van der Waals surface area contributed by atoms with Crippen LogP contribution < -0.4 is 16.0 Å². The highest BCUT2D eigenvalue weighted by atomic mass is 32.2. The lowest BCUT2D eigenvalue weighted by Gasteiger charge is -2.10. The molecule has 9 heteroatoms. The third-order valence-corrected chi connectivity index (χ3v) is 5.35. The number of thioether (sulfide) groups is 1. The zero-order chi connectivity index (χ0) is 19.1. The van der Waals surface area contributed by atoms with E-state index in [-0.39, 0.29) is 18.0 Å². The van der Waals surface area contributed by atoms with Crippen LogP contribution in [0.3, 0.4) is 0 Å². The fraction of sp³-hybridized carbons (Fsp3) is 0.294. The zero-order valence-corrected chi connectivity index (χ0v) is 16.3. The Balaban J connectivity index is 2.05. The summed E-state index contributed by atoms with van der Waals surface area (Å²) in [7, 11) is 0. The Hall–Kier alpha value is -2.57. The normalized spacial score (nSPS) is 10.3. The number of aryl methyl sites for hydroxylation is 1.